The summed E-state index contributed by atoms with van der Waals surface area (Å²) in [7, 11) is 0. The molecule has 1 nitrogen and oxygen atoms in total. The van der Waals surface area contributed by atoms with E-state index >= 15 is 0 Å². The van der Waals surface area contributed by atoms with Crippen LogP contribution in [0.2, 0.25) is 0 Å². The highest BCUT2D eigenvalue weighted by molar-refractivity contribution is 7.99. The molecule has 0 fully saturated rings. The predicted molar refractivity (Wildman–Crippen MR) is 86.2 cm³/mol. The molecular formula is C17H21NS. The molecule has 0 atom stereocenters. The molecule has 2 aromatic carbocycles. The van der Waals surface area contributed by atoms with Crippen LogP contribution >= 0.6 is 11.8 Å². The lowest BCUT2D eigenvalue weighted by molar-refractivity contribution is 0.758. The minimum Gasteiger partial charge on any atom is -0.317 e. The summed E-state index contributed by atoms with van der Waals surface area (Å²) in [5.41, 5.74) is 11.3. The fourth-order valence-electron chi connectivity index (χ4n) is 1.93. The molecular weight excluding hydrogens is 250 g/mol. The molecule has 0 bridgehead atoms. The molecule has 0 aliphatic heterocycles. The Bertz CT molecular complexity index is 541. The van der Waals surface area contributed by atoms with Crippen molar-refractivity contribution in [2.24, 2.45) is 5.73 Å². The molecule has 2 heteroatoms. The van der Waals surface area contributed by atoms with E-state index in [-0.39, 0.29) is 4.87 Å². The second-order valence-corrected chi connectivity index (χ2v) is 7.03. The first-order chi connectivity index (χ1) is 8.96. The molecule has 2 aromatic rings. The standard InChI is InChI=1S/C17H21NS/c1-13-11-15(14-7-5-4-6-8-14)9-10-16(13)12-19-17(2,3)18/h4-11H,12,18H2,1-3H3. The second kappa shape index (κ2) is 5.81. The highest BCUT2D eigenvalue weighted by Gasteiger charge is 2.12. The third-order valence-electron chi connectivity index (χ3n) is 3.05. The van der Waals surface area contributed by atoms with E-state index in [2.05, 4.69) is 49.4 Å². The van der Waals surface area contributed by atoms with Gasteiger partial charge in [-0.2, -0.15) is 0 Å². The van der Waals surface area contributed by atoms with Crippen molar-refractivity contribution in [3.05, 3.63) is 59.7 Å². The summed E-state index contributed by atoms with van der Waals surface area (Å²) in [6.45, 7) is 6.27. The molecule has 0 aliphatic carbocycles. The zero-order valence-electron chi connectivity index (χ0n) is 11.8. The van der Waals surface area contributed by atoms with Gasteiger partial charge in [-0.15, -0.1) is 11.8 Å². The summed E-state index contributed by atoms with van der Waals surface area (Å²) in [5, 5.41) is 0. The smallest absolute Gasteiger partial charge is 0.0566 e. The third kappa shape index (κ3) is 4.12. The van der Waals surface area contributed by atoms with Crippen LogP contribution in [0.4, 0.5) is 0 Å². The van der Waals surface area contributed by atoms with Crippen LogP contribution in [0.15, 0.2) is 48.5 Å². The molecule has 0 amide bonds. The van der Waals surface area contributed by atoms with Gasteiger partial charge in [0.2, 0.25) is 0 Å². The summed E-state index contributed by atoms with van der Waals surface area (Å²) in [6, 6.07) is 17.2. The molecule has 0 heterocycles. The first kappa shape index (κ1) is 14.2. The zero-order valence-corrected chi connectivity index (χ0v) is 12.6. The van der Waals surface area contributed by atoms with Crippen LogP contribution in [0.3, 0.4) is 0 Å². The van der Waals surface area contributed by atoms with E-state index in [0.29, 0.717) is 0 Å². The first-order valence-electron chi connectivity index (χ1n) is 6.53. The number of aryl methyl sites for hydroxylation is 1. The van der Waals surface area contributed by atoms with E-state index in [9.17, 15) is 0 Å². The SMILES string of the molecule is Cc1cc(-c2ccccc2)ccc1CSC(C)(C)N. The van der Waals surface area contributed by atoms with Crippen molar-refractivity contribution < 1.29 is 0 Å². The topological polar surface area (TPSA) is 26.0 Å². The maximum absolute atomic E-state index is 6.02. The number of nitrogens with two attached hydrogens (primary N) is 1. The lowest BCUT2D eigenvalue weighted by Gasteiger charge is -2.18. The zero-order chi connectivity index (χ0) is 13.9. The largest absolute Gasteiger partial charge is 0.317 e. The molecule has 19 heavy (non-hydrogen) atoms. The maximum Gasteiger partial charge on any atom is 0.0566 e. The molecule has 0 aromatic heterocycles. The van der Waals surface area contributed by atoms with Gasteiger partial charge in [0.05, 0.1) is 4.87 Å². The minimum absolute atomic E-state index is 0.176. The van der Waals surface area contributed by atoms with Crippen LogP contribution in [-0.2, 0) is 5.75 Å². The molecule has 0 spiro atoms. The summed E-state index contributed by atoms with van der Waals surface area (Å²) in [6.07, 6.45) is 0. The summed E-state index contributed by atoms with van der Waals surface area (Å²) < 4.78 is 0. The Morgan fingerprint density at radius 2 is 1.68 bits per heavy atom. The summed E-state index contributed by atoms with van der Waals surface area (Å²) in [4.78, 5) is -0.176. The van der Waals surface area contributed by atoms with Gasteiger partial charge in [0.1, 0.15) is 0 Å². The van der Waals surface area contributed by atoms with Gasteiger partial charge >= 0.3 is 0 Å². The Kier molecular flexibility index (Phi) is 4.33. The number of hydrogen-bond acceptors (Lipinski definition) is 2. The van der Waals surface area contributed by atoms with E-state index < -0.39 is 0 Å². The van der Waals surface area contributed by atoms with E-state index in [1.54, 1.807) is 11.8 Å². The first-order valence-corrected chi connectivity index (χ1v) is 7.52. The quantitative estimate of drug-likeness (QED) is 0.823. The van der Waals surface area contributed by atoms with E-state index in [1.165, 1.54) is 22.3 Å². The van der Waals surface area contributed by atoms with E-state index in [1.807, 2.05) is 19.9 Å². The predicted octanol–water partition coefficient (Wildman–Crippen LogP) is 4.59. The fraction of sp³-hybridized carbons (Fsp3) is 0.294. The van der Waals surface area contributed by atoms with Gasteiger partial charge in [-0.3, -0.25) is 0 Å². The molecule has 0 aliphatic rings. The van der Waals surface area contributed by atoms with Crippen LogP contribution < -0.4 is 5.73 Å². The number of hydrogen-bond donors (Lipinski definition) is 1. The third-order valence-corrected chi connectivity index (χ3v) is 4.25. The highest BCUT2D eigenvalue weighted by atomic mass is 32.2. The monoisotopic (exact) mass is 271 g/mol. The van der Waals surface area contributed by atoms with Crippen molar-refractivity contribution >= 4 is 11.8 Å². The van der Waals surface area contributed by atoms with Crippen LogP contribution in [0.5, 0.6) is 0 Å². The van der Waals surface area contributed by atoms with Gasteiger partial charge in [0, 0.05) is 5.75 Å². The van der Waals surface area contributed by atoms with Crippen LogP contribution in [-0.4, -0.2) is 4.87 Å². The van der Waals surface area contributed by atoms with Crippen molar-refractivity contribution in [3.63, 3.8) is 0 Å². The number of rotatable bonds is 4. The molecule has 0 saturated heterocycles. The highest BCUT2D eigenvalue weighted by Crippen LogP contribution is 2.27. The summed E-state index contributed by atoms with van der Waals surface area (Å²) >= 11 is 1.78. The van der Waals surface area contributed by atoms with Gasteiger partial charge in [-0.1, -0.05) is 48.5 Å². The van der Waals surface area contributed by atoms with Gasteiger partial charge in [0.15, 0.2) is 0 Å². The van der Waals surface area contributed by atoms with Gasteiger partial charge in [-0.25, -0.2) is 0 Å². The average molecular weight is 271 g/mol. The number of benzene rings is 2. The maximum atomic E-state index is 6.02. The molecule has 0 saturated carbocycles. The minimum atomic E-state index is -0.176. The van der Waals surface area contributed by atoms with E-state index in [4.69, 9.17) is 5.73 Å². The van der Waals surface area contributed by atoms with E-state index in [0.717, 1.165) is 5.75 Å². The second-order valence-electron chi connectivity index (χ2n) is 5.40. The molecule has 2 rings (SSSR count). The van der Waals surface area contributed by atoms with Crippen LogP contribution in [0.25, 0.3) is 11.1 Å². The Morgan fingerprint density at radius 3 is 2.26 bits per heavy atom. The van der Waals surface area contributed by atoms with Gasteiger partial charge in [0.25, 0.3) is 0 Å². The average Bonchev–Trinajstić information content (AvgIpc) is 2.37. The fourth-order valence-corrected chi connectivity index (χ4v) is 2.78. The van der Waals surface area contributed by atoms with Gasteiger partial charge < -0.3 is 5.73 Å². The molecule has 100 valence electrons. The number of thioether (sulfide) groups is 1. The van der Waals surface area contributed by atoms with Crippen molar-refractivity contribution in [2.45, 2.75) is 31.4 Å². The Labute approximate surface area is 120 Å². The van der Waals surface area contributed by atoms with Crippen molar-refractivity contribution in [1.29, 1.82) is 0 Å². The van der Waals surface area contributed by atoms with Crippen molar-refractivity contribution in [2.75, 3.05) is 0 Å². The molecule has 0 unspecified atom stereocenters. The Morgan fingerprint density at radius 1 is 1.00 bits per heavy atom. The Balaban J connectivity index is 2.18. The van der Waals surface area contributed by atoms with Crippen LogP contribution in [0.1, 0.15) is 25.0 Å². The van der Waals surface area contributed by atoms with Crippen molar-refractivity contribution in [3.8, 4) is 11.1 Å². The normalized spacial score (nSPS) is 11.6. The Hall–Kier alpha value is -1.25. The molecule has 2 N–H and O–H groups in total. The lowest BCUT2D eigenvalue weighted by atomic mass is 10.0. The molecule has 0 radical (unpaired) electrons. The van der Waals surface area contributed by atoms with Crippen molar-refractivity contribution in [1.82, 2.24) is 0 Å². The van der Waals surface area contributed by atoms with Crippen LogP contribution in [0, 0.1) is 6.92 Å². The summed E-state index contributed by atoms with van der Waals surface area (Å²) in [5.74, 6) is 0.963. The lowest BCUT2D eigenvalue weighted by Crippen LogP contribution is -2.27. The van der Waals surface area contributed by atoms with Gasteiger partial charge in [-0.05, 0) is 43.0 Å².